The SMILES string of the molecule is Cc1ccc2cccc(O)c2c1-c1c(C)ccc2cccc(O)c12. The zero-order chi connectivity index (χ0) is 16.8. The molecule has 0 bridgehead atoms. The van der Waals surface area contributed by atoms with E-state index in [4.69, 9.17) is 0 Å². The molecule has 0 aliphatic rings. The van der Waals surface area contributed by atoms with Gasteiger partial charge in [0, 0.05) is 10.8 Å². The predicted octanol–water partition coefficient (Wildman–Crippen LogP) is 5.69. The van der Waals surface area contributed by atoms with Crippen molar-refractivity contribution in [1.82, 2.24) is 0 Å². The molecule has 24 heavy (non-hydrogen) atoms. The van der Waals surface area contributed by atoms with Crippen LogP contribution in [0.4, 0.5) is 0 Å². The molecule has 0 amide bonds. The smallest absolute Gasteiger partial charge is 0.124 e. The van der Waals surface area contributed by atoms with Gasteiger partial charge in [-0.1, -0.05) is 48.5 Å². The minimum atomic E-state index is 0.262. The summed E-state index contributed by atoms with van der Waals surface area (Å²) in [6.07, 6.45) is 0. The van der Waals surface area contributed by atoms with Gasteiger partial charge in [-0.25, -0.2) is 0 Å². The monoisotopic (exact) mass is 314 g/mol. The van der Waals surface area contributed by atoms with Gasteiger partial charge in [0.25, 0.3) is 0 Å². The minimum Gasteiger partial charge on any atom is -0.507 e. The molecule has 0 aliphatic carbocycles. The van der Waals surface area contributed by atoms with Crippen LogP contribution in [0.15, 0.2) is 60.7 Å². The standard InChI is InChI=1S/C22H18O2/c1-13-9-11-15-5-3-7-17(23)21(15)19(13)20-14(2)10-12-16-6-4-8-18(24)22(16)20/h3-12,23-24H,1-2H3. The molecule has 4 aromatic rings. The molecule has 0 aliphatic heterocycles. The van der Waals surface area contributed by atoms with Gasteiger partial charge >= 0.3 is 0 Å². The van der Waals surface area contributed by atoms with E-state index in [1.165, 1.54) is 0 Å². The van der Waals surface area contributed by atoms with Crippen LogP contribution in [0.3, 0.4) is 0 Å². The summed E-state index contributed by atoms with van der Waals surface area (Å²) < 4.78 is 0. The Morgan fingerprint density at radius 1 is 0.542 bits per heavy atom. The zero-order valence-electron chi connectivity index (χ0n) is 13.7. The molecular weight excluding hydrogens is 296 g/mol. The van der Waals surface area contributed by atoms with Crippen molar-refractivity contribution < 1.29 is 10.2 Å². The highest BCUT2D eigenvalue weighted by Gasteiger charge is 2.17. The molecule has 2 N–H and O–H groups in total. The van der Waals surface area contributed by atoms with Crippen LogP contribution < -0.4 is 0 Å². The molecule has 0 heterocycles. The first kappa shape index (κ1) is 14.6. The maximum atomic E-state index is 10.5. The maximum absolute atomic E-state index is 10.5. The van der Waals surface area contributed by atoms with Crippen molar-refractivity contribution in [1.29, 1.82) is 0 Å². The summed E-state index contributed by atoms with van der Waals surface area (Å²) in [6, 6.07) is 19.3. The Hall–Kier alpha value is -3.00. The highest BCUT2D eigenvalue weighted by atomic mass is 16.3. The number of phenolic OH excluding ortho intramolecular Hbond substituents is 2. The van der Waals surface area contributed by atoms with Gasteiger partial charge in [0.05, 0.1) is 0 Å². The Morgan fingerprint density at radius 3 is 1.38 bits per heavy atom. The largest absolute Gasteiger partial charge is 0.507 e. The zero-order valence-corrected chi connectivity index (χ0v) is 13.7. The van der Waals surface area contributed by atoms with E-state index in [9.17, 15) is 10.2 Å². The number of hydrogen-bond acceptors (Lipinski definition) is 2. The van der Waals surface area contributed by atoms with Crippen LogP contribution in [0.5, 0.6) is 11.5 Å². The van der Waals surface area contributed by atoms with E-state index in [0.717, 1.165) is 43.8 Å². The van der Waals surface area contributed by atoms with E-state index in [0.29, 0.717) is 0 Å². The fraction of sp³-hybridized carbons (Fsp3) is 0.0909. The Bertz CT molecular complexity index is 1000. The summed E-state index contributed by atoms with van der Waals surface area (Å²) in [6.45, 7) is 4.08. The van der Waals surface area contributed by atoms with Gasteiger partial charge in [-0.3, -0.25) is 0 Å². The van der Waals surface area contributed by atoms with E-state index >= 15 is 0 Å². The van der Waals surface area contributed by atoms with Crippen molar-refractivity contribution in [3.8, 4) is 22.6 Å². The minimum absolute atomic E-state index is 0.262. The number of hydrogen-bond donors (Lipinski definition) is 2. The highest BCUT2D eigenvalue weighted by Crippen LogP contribution is 2.43. The second-order valence-electron chi connectivity index (χ2n) is 6.27. The summed E-state index contributed by atoms with van der Waals surface area (Å²) in [7, 11) is 0. The lowest BCUT2D eigenvalue weighted by molar-refractivity contribution is 0.481. The third-order valence-electron chi connectivity index (χ3n) is 4.71. The highest BCUT2D eigenvalue weighted by molar-refractivity contribution is 6.11. The molecule has 0 unspecified atom stereocenters. The van der Waals surface area contributed by atoms with Crippen LogP contribution in [-0.2, 0) is 0 Å². The number of aryl methyl sites for hydroxylation is 2. The number of phenols is 2. The van der Waals surface area contributed by atoms with Gasteiger partial charge in [-0.05, 0) is 59.0 Å². The van der Waals surface area contributed by atoms with Gasteiger partial charge in [0.15, 0.2) is 0 Å². The average molecular weight is 314 g/mol. The number of aromatic hydroxyl groups is 2. The molecule has 0 saturated carbocycles. The molecule has 0 radical (unpaired) electrons. The van der Waals surface area contributed by atoms with E-state index in [1.807, 2.05) is 50.2 Å². The average Bonchev–Trinajstić information content (AvgIpc) is 2.57. The first-order valence-electron chi connectivity index (χ1n) is 8.01. The first-order chi connectivity index (χ1) is 11.6. The van der Waals surface area contributed by atoms with E-state index in [2.05, 4.69) is 12.1 Å². The second-order valence-corrected chi connectivity index (χ2v) is 6.27. The summed E-state index contributed by atoms with van der Waals surface area (Å²) in [4.78, 5) is 0. The van der Waals surface area contributed by atoms with Crippen LogP contribution in [0, 0.1) is 13.8 Å². The fourth-order valence-electron chi connectivity index (χ4n) is 3.57. The van der Waals surface area contributed by atoms with Crippen molar-refractivity contribution in [2.45, 2.75) is 13.8 Å². The Morgan fingerprint density at radius 2 is 0.958 bits per heavy atom. The van der Waals surface area contributed by atoms with Crippen molar-refractivity contribution in [2.24, 2.45) is 0 Å². The summed E-state index contributed by atoms with van der Waals surface area (Å²) in [5.74, 6) is 0.524. The molecule has 4 aromatic carbocycles. The lowest BCUT2D eigenvalue weighted by Gasteiger charge is -2.17. The third-order valence-corrected chi connectivity index (χ3v) is 4.71. The molecule has 118 valence electrons. The topological polar surface area (TPSA) is 40.5 Å². The normalized spacial score (nSPS) is 11.2. The summed E-state index contributed by atoms with van der Waals surface area (Å²) >= 11 is 0. The van der Waals surface area contributed by atoms with Gasteiger partial charge in [0.1, 0.15) is 11.5 Å². The van der Waals surface area contributed by atoms with Gasteiger partial charge in [-0.2, -0.15) is 0 Å². The van der Waals surface area contributed by atoms with E-state index in [1.54, 1.807) is 12.1 Å². The first-order valence-corrected chi connectivity index (χ1v) is 8.01. The van der Waals surface area contributed by atoms with Crippen LogP contribution in [-0.4, -0.2) is 10.2 Å². The summed E-state index contributed by atoms with van der Waals surface area (Å²) in [5.41, 5.74) is 4.11. The molecule has 0 aromatic heterocycles. The van der Waals surface area contributed by atoms with Crippen LogP contribution in [0.25, 0.3) is 32.7 Å². The van der Waals surface area contributed by atoms with Crippen molar-refractivity contribution >= 4 is 21.5 Å². The van der Waals surface area contributed by atoms with Crippen LogP contribution in [0.1, 0.15) is 11.1 Å². The quantitative estimate of drug-likeness (QED) is 0.474. The van der Waals surface area contributed by atoms with Crippen molar-refractivity contribution in [2.75, 3.05) is 0 Å². The molecule has 0 atom stereocenters. The predicted molar refractivity (Wildman–Crippen MR) is 99.7 cm³/mol. The van der Waals surface area contributed by atoms with Gasteiger partial charge in [0.2, 0.25) is 0 Å². The van der Waals surface area contributed by atoms with Crippen LogP contribution in [0.2, 0.25) is 0 Å². The Labute approximate surface area is 140 Å². The molecule has 0 fully saturated rings. The summed E-state index contributed by atoms with van der Waals surface area (Å²) in [5, 5.41) is 24.7. The molecule has 0 spiro atoms. The molecule has 2 nitrogen and oxygen atoms in total. The van der Waals surface area contributed by atoms with Crippen molar-refractivity contribution in [3.63, 3.8) is 0 Å². The van der Waals surface area contributed by atoms with E-state index in [-0.39, 0.29) is 11.5 Å². The van der Waals surface area contributed by atoms with Gasteiger partial charge in [-0.15, -0.1) is 0 Å². The Kier molecular flexibility index (Phi) is 3.20. The van der Waals surface area contributed by atoms with E-state index < -0.39 is 0 Å². The van der Waals surface area contributed by atoms with Crippen LogP contribution >= 0.6 is 0 Å². The number of rotatable bonds is 1. The Balaban J connectivity index is 2.27. The second kappa shape index (κ2) is 5.27. The number of fused-ring (bicyclic) bond motifs is 2. The maximum Gasteiger partial charge on any atom is 0.124 e. The molecule has 2 heteroatoms. The third kappa shape index (κ3) is 2.04. The number of benzene rings is 4. The van der Waals surface area contributed by atoms with Crippen molar-refractivity contribution in [3.05, 3.63) is 71.8 Å². The lowest BCUT2D eigenvalue weighted by Crippen LogP contribution is -1.92. The molecular formula is C22H18O2. The molecule has 0 saturated heterocycles. The fourth-order valence-corrected chi connectivity index (χ4v) is 3.57. The lowest BCUT2D eigenvalue weighted by atomic mass is 9.87. The van der Waals surface area contributed by atoms with Gasteiger partial charge < -0.3 is 10.2 Å². The molecule has 4 rings (SSSR count).